The van der Waals surface area contributed by atoms with Crippen molar-refractivity contribution < 1.29 is 9.90 Å². The number of benzene rings is 1. The second-order valence-electron chi connectivity index (χ2n) is 4.33. The van der Waals surface area contributed by atoms with Crippen LogP contribution < -0.4 is 0 Å². The highest BCUT2D eigenvalue weighted by Gasteiger charge is 2.12. The molecular formula is C13H18ClNO2. The van der Waals surface area contributed by atoms with Crippen molar-refractivity contribution >= 4 is 17.6 Å². The van der Waals surface area contributed by atoms with Crippen LogP contribution in [-0.2, 0) is 11.2 Å². The maximum atomic E-state index is 10.7. The number of carboxylic acid groups (broad SMARTS) is 1. The number of rotatable bonds is 6. The lowest BCUT2D eigenvalue weighted by Crippen LogP contribution is -2.37. The third kappa shape index (κ3) is 5.20. The van der Waals surface area contributed by atoms with Crippen molar-refractivity contribution in [3.63, 3.8) is 0 Å². The molecule has 0 bridgehead atoms. The van der Waals surface area contributed by atoms with Gasteiger partial charge in [-0.2, -0.15) is 0 Å². The summed E-state index contributed by atoms with van der Waals surface area (Å²) in [5.74, 6) is -0.783. The molecule has 0 heterocycles. The minimum atomic E-state index is -0.783. The molecule has 94 valence electrons. The fourth-order valence-corrected chi connectivity index (χ4v) is 1.74. The zero-order valence-corrected chi connectivity index (χ0v) is 10.9. The topological polar surface area (TPSA) is 40.5 Å². The number of aliphatic carboxylic acids is 1. The van der Waals surface area contributed by atoms with Crippen LogP contribution in [0.25, 0.3) is 0 Å². The van der Waals surface area contributed by atoms with E-state index < -0.39 is 5.97 Å². The molecule has 0 atom stereocenters. The van der Waals surface area contributed by atoms with Crippen LogP contribution in [-0.4, -0.2) is 35.1 Å². The van der Waals surface area contributed by atoms with E-state index in [0.29, 0.717) is 0 Å². The van der Waals surface area contributed by atoms with Crippen molar-refractivity contribution in [1.29, 1.82) is 0 Å². The van der Waals surface area contributed by atoms with Crippen molar-refractivity contribution in [2.75, 3.05) is 13.1 Å². The summed E-state index contributed by atoms with van der Waals surface area (Å²) in [6.45, 7) is 4.84. The number of carbonyl (C=O) groups is 1. The number of nitrogens with zero attached hydrogens (tertiary/aromatic N) is 1. The van der Waals surface area contributed by atoms with Gasteiger partial charge in [0.15, 0.2) is 0 Å². The quantitative estimate of drug-likeness (QED) is 0.850. The fraction of sp³-hybridized carbons (Fsp3) is 0.462. The smallest absolute Gasteiger partial charge is 0.317 e. The molecule has 1 N–H and O–H groups in total. The molecule has 17 heavy (non-hydrogen) atoms. The molecule has 4 heteroatoms. The van der Waals surface area contributed by atoms with E-state index in [4.69, 9.17) is 16.7 Å². The van der Waals surface area contributed by atoms with Crippen molar-refractivity contribution in [2.24, 2.45) is 0 Å². The van der Waals surface area contributed by atoms with Gasteiger partial charge in [-0.3, -0.25) is 9.69 Å². The van der Waals surface area contributed by atoms with Crippen molar-refractivity contribution in [3.8, 4) is 0 Å². The molecule has 0 saturated heterocycles. The second-order valence-corrected chi connectivity index (χ2v) is 4.77. The monoisotopic (exact) mass is 255 g/mol. The lowest BCUT2D eigenvalue weighted by Gasteiger charge is -2.24. The van der Waals surface area contributed by atoms with Gasteiger partial charge in [-0.15, -0.1) is 0 Å². The van der Waals surface area contributed by atoms with Gasteiger partial charge < -0.3 is 5.11 Å². The molecule has 0 aliphatic carbocycles. The molecule has 0 aliphatic rings. The normalized spacial score (nSPS) is 11.1. The average Bonchev–Trinajstić information content (AvgIpc) is 2.25. The van der Waals surface area contributed by atoms with E-state index in [2.05, 4.69) is 0 Å². The first-order chi connectivity index (χ1) is 7.99. The summed E-state index contributed by atoms with van der Waals surface area (Å²) < 4.78 is 0. The molecule has 0 aliphatic heterocycles. The fourth-order valence-electron chi connectivity index (χ4n) is 1.62. The van der Waals surface area contributed by atoms with Gasteiger partial charge in [-0.1, -0.05) is 23.7 Å². The summed E-state index contributed by atoms with van der Waals surface area (Å²) in [4.78, 5) is 12.7. The Labute approximate surface area is 107 Å². The largest absolute Gasteiger partial charge is 0.480 e. The minimum Gasteiger partial charge on any atom is -0.480 e. The summed E-state index contributed by atoms with van der Waals surface area (Å²) in [5.41, 5.74) is 1.17. The second kappa shape index (κ2) is 6.62. The first-order valence-corrected chi connectivity index (χ1v) is 6.07. The van der Waals surface area contributed by atoms with Crippen LogP contribution >= 0.6 is 11.6 Å². The Morgan fingerprint density at radius 1 is 1.35 bits per heavy atom. The lowest BCUT2D eigenvalue weighted by molar-refractivity contribution is -0.138. The Kier molecular flexibility index (Phi) is 5.45. The maximum Gasteiger partial charge on any atom is 0.317 e. The van der Waals surface area contributed by atoms with E-state index in [9.17, 15) is 4.79 Å². The molecule has 0 saturated carbocycles. The SMILES string of the molecule is CC(C)N(CCc1ccc(Cl)cc1)CC(=O)O. The van der Waals surface area contributed by atoms with E-state index in [0.717, 1.165) is 18.0 Å². The van der Waals surface area contributed by atoms with E-state index >= 15 is 0 Å². The first kappa shape index (κ1) is 14.0. The van der Waals surface area contributed by atoms with Crippen LogP contribution in [0.5, 0.6) is 0 Å². The summed E-state index contributed by atoms with van der Waals surface area (Å²) in [5, 5.41) is 9.53. The van der Waals surface area contributed by atoms with Gasteiger partial charge in [0.1, 0.15) is 0 Å². The van der Waals surface area contributed by atoms with Gasteiger partial charge in [-0.05, 0) is 38.0 Å². The number of hydrogen-bond acceptors (Lipinski definition) is 2. The van der Waals surface area contributed by atoms with Crippen molar-refractivity contribution in [3.05, 3.63) is 34.9 Å². The highest BCUT2D eigenvalue weighted by atomic mass is 35.5. The van der Waals surface area contributed by atoms with Gasteiger partial charge in [0.2, 0.25) is 0 Å². The predicted octanol–water partition coefficient (Wildman–Crippen LogP) is 2.68. The number of hydrogen-bond donors (Lipinski definition) is 1. The van der Waals surface area contributed by atoms with Gasteiger partial charge in [-0.25, -0.2) is 0 Å². The van der Waals surface area contributed by atoms with E-state index in [1.165, 1.54) is 5.56 Å². The molecule has 0 amide bonds. The van der Waals surface area contributed by atoms with E-state index in [1.807, 2.05) is 43.0 Å². The van der Waals surface area contributed by atoms with Crippen LogP contribution in [0.15, 0.2) is 24.3 Å². The Hall–Kier alpha value is -1.06. The van der Waals surface area contributed by atoms with Crippen molar-refractivity contribution in [2.45, 2.75) is 26.3 Å². The van der Waals surface area contributed by atoms with Crippen LogP contribution in [0, 0.1) is 0 Å². The molecule has 0 unspecified atom stereocenters. The summed E-state index contributed by atoms with van der Waals surface area (Å²) in [7, 11) is 0. The molecule has 0 aromatic heterocycles. The van der Waals surface area contributed by atoms with Gasteiger partial charge in [0, 0.05) is 17.6 Å². The third-order valence-corrected chi connectivity index (χ3v) is 2.92. The van der Waals surface area contributed by atoms with Gasteiger partial charge in [0.05, 0.1) is 6.54 Å². The van der Waals surface area contributed by atoms with Crippen LogP contribution in [0.1, 0.15) is 19.4 Å². The van der Waals surface area contributed by atoms with E-state index in [1.54, 1.807) is 0 Å². The Morgan fingerprint density at radius 2 is 1.94 bits per heavy atom. The highest BCUT2D eigenvalue weighted by molar-refractivity contribution is 6.30. The Bertz CT molecular complexity index is 362. The Balaban J connectivity index is 2.51. The molecule has 0 spiro atoms. The van der Waals surface area contributed by atoms with Crippen LogP contribution in [0.4, 0.5) is 0 Å². The molecule has 1 aromatic carbocycles. The molecule has 1 aromatic rings. The van der Waals surface area contributed by atoms with E-state index in [-0.39, 0.29) is 12.6 Å². The average molecular weight is 256 g/mol. The predicted molar refractivity (Wildman–Crippen MR) is 69.5 cm³/mol. The third-order valence-electron chi connectivity index (χ3n) is 2.67. The van der Waals surface area contributed by atoms with Gasteiger partial charge in [0.25, 0.3) is 0 Å². The van der Waals surface area contributed by atoms with Crippen LogP contribution in [0.3, 0.4) is 0 Å². The summed E-state index contributed by atoms with van der Waals surface area (Å²) in [6.07, 6.45) is 0.836. The molecule has 0 fully saturated rings. The molecule has 0 radical (unpaired) electrons. The Morgan fingerprint density at radius 3 is 2.41 bits per heavy atom. The number of carboxylic acids is 1. The zero-order valence-electron chi connectivity index (χ0n) is 10.2. The van der Waals surface area contributed by atoms with Gasteiger partial charge >= 0.3 is 5.97 Å². The first-order valence-electron chi connectivity index (χ1n) is 5.69. The molecule has 3 nitrogen and oxygen atoms in total. The minimum absolute atomic E-state index is 0.0885. The summed E-state index contributed by atoms with van der Waals surface area (Å²) >= 11 is 5.81. The molecular weight excluding hydrogens is 238 g/mol. The maximum absolute atomic E-state index is 10.7. The summed E-state index contributed by atoms with van der Waals surface area (Å²) in [6, 6.07) is 7.89. The van der Waals surface area contributed by atoms with Crippen LogP contribution in [0.2, 0.25) is 5.02 Å². The molecule has 1 rings (SSSR count). The highest BCUT2D eigenvalue weighted by Crippen LogP contribution is 2.11. The zero-order chi connectivity index (χ0) is 12.8. The van der Waals surface area contributed by atoms with Crippen molar-refractivity contribution in [1.82, 2.24) is 4.90 Å². The lowest BCUT2D eigenvalue weighted by atomic mass is 10.1. The standard InChI is InChI=1S/C13H18ClNO2/c1-10(2)15(9-13(16)17)8-7-11-3-5-12(14)6-4-11/h3-6,10H,7-9H2,1-2H3,(H,16,17). The number of halogens is 1.